The fraction of sp³-hybridized carbons (Fsp3) is 1.00. The smallest absolute Gasteiger partial charge is 0.0593 e. The maximum absolute atomic E-state index is 5.55. The molecule has 1 heterocycles. The van der Waals surface area contributed by atoms with E-state index in [0.29, 0.717) is 0 Å². The highest BCUT2D eigenvalue weighted by atomic mass is 16.5. The number of hydrogen-bond acceptors (Lipinski definition) is 3. The molecule has 90 valence electrons. The molecule has 3 nitrogen and oxygen atoms in total. The van der Waals surface area contributed by atoms with Crippen LogP contribution in [0.2, 0.25) is 0 Å². The molecule has 1 aliphatic rings. The summed E-state index contributed by atoms with van der Waals surface area (Å²) >= 11 is 0. The third kappa shape index (κ3) is 4.96. The van der Waals surface area contributed by atoms with Crippen LogP contribution in [-0.2, 0) is 4.74 Å². The van der Waals surface area contributed by atoms with E-state index in [0.717, 1.165) is 45.2 Å². The van der Waals surface area contributed by atoms with Gasteiger partial charge in [-0.3, -0.25) is 4.90 Å². The Morgan fingerprint density at radius 2 is 2.27 bits per heavy atom. The van der Waals surface area contributed by atoms with Crippen molar-refractivity contribution < 1.29 is 4.74 Å². The molecule has 0 saturated carbocycles. The minimum Gasteiger partial charge on any atom is -0.380 e. The van der Waals surface area contributed by atoms with Crippen LogP contribution in [0, 0.1) is 0 Å². The van der Waals surface area contributed by atoms with Gasteiger partial charge in [-0.15, -0.1) is 0 Å². The lowest BCUT2D eigenvalue weighted by molar-refractivity contribution is 0.0981. The minimum atomic E-state index is 0.777. The number of ether oxygens (including phenoxy) is 1. The van der Waals surface area contributed by atoms with Crippen molar-refractivity contribution >= 4 is 0 Å². The van der Waals surface area contributed by atoms with Crippen molar-refractivity contribution in [3.05, 3.63) is 0 Å². The fourth-order valence-electron chi connectivity index (χ4n) is 2.30. The first-order valence-electron chi connectivity index (χ1n) is 6.40. The Morgan fingerprint density at radius 3 is 3.00 bits per heavy atom. The quantitative estimate of drug-likeness (QED) is 0.624. The molecule has 2 N–H and O–H groups in total. The van der Waals surface area contributed by atoms with Gasteiger partial charge in [0.2, 0.25) is 0 Å². The minimum absolute atomic E-state index is 0.777. The number of likely N-dealkylation sites (tertiary alicyclic amines) is 1. The van der Waals surface area contributed by atoms with Crippen molar-refractivity contribution in [1.82, 2.24) is 4.90 Å². The number of rotatable bonds is 8. The third-order valence-corrected chi connectivity index (χ3v) is 3.11. The van der Waals surface area contributed by atoms with E-state index >= 15 is 0 Å². The standard InChI is InChI=1S/C12H26N2O/c1-2-10-15-11-9-14-8-4-6-12(14)5-3-7-13/h12H,2-11,13H2,1H3. The summed E-state index contributed by atoms with van der Waals surface area (Å²) in [6, 6.07) is 0.777. The first kappa shape index (κ1) is 12.9. The van der Waals surface area contributed by atoms with Gasteiger partial charge in [0.1, 0.15) is 0 Å². The molecular formula is C12H26N2O. The second-order valence-corrected chi connectivity index (χ2v) is 4.38. The Balaban J connectivity index is 2.09. The van der Waals surface area contributed by atoms with Gasteiger partial charge in [0.05, 0.1) is 6.61 Å². The lowest BCUT2D eigenvalue weighted by Gasteiger charge is -2.24. The molecule has 1 unspecified atom stereocenters. The predicted octanol–water partition coefficient (Wildman–Crippen LogP) is 1.62. The lowest BCUT2D eigenvalue weighted by atomic mass is 10.1. The highest BCUT2D eigenvalue weighted by molar-refractivity contribution is 4.78. The first-order chi connectivity index (χ1) is 7.38. The Hall–Kier alpha value is -0.120. The average Bonchev–Trinajstić information content (AvgIpc) is 2.69. The normalized spacial score (nSPS) is 22.4. The molecular weight excluding hydrogens is 188 g/mol. The van der Waals surface area contributed by atoms with E-state index in [1.807, 2.05) is 0 Å². The summed E-state index contributed by atoms with van der Waals surface area (Å²) in [7, 11) is 0. The van der Waals surface area contributed by atoms with Gasteiger partial charge in [-0.05, 0) is 45.2 Å². The van der Waals surface area contributed by atoms with Gasteiger partial charge in [-0.25, -0.2) is 0 Å². The van der Waals surface area contributed by atoms with Crippen molar-refractivity contribution in [1.29, 1.82) is 0 Å². The monoisotopic (exact) mass is 214 g/mol. The number of nitrogens with zero attached hydrogens (tertiary/aromatic N) is 1. The molecule has 0 aromatic carbocycles. The molecule has 0 bridgehead atoms. The van der Waals surface area contributed by atoms with Gasteiger partial charge in [-0.1, -0.05) is 6.92 Å². The highest BCUT2D eigenvalue weighted by Crippen LogP contribution is 2.20. The predicted molar refractivity (Wildman–Crippen MR) is 64.0 cm³/mol. The van der Waals surface area contributed by atoms with Crippen LogP contribution < -0.4 is 5.73 Å². The number of hydrogen-bond donors (Lipinski definition) is 1. The van der Waals surface area contributed by atoms with Gasteiger partial charge in [-0.2, -0.15) is 0 Å². The summed E-state index contributed by atoms with van der Waals surface area (Å²) in [4.78, 5) is 2.57. The molecule has 0 aromatic heterocycles. The summed E-state index contributed by atoms with van der Waals surface area (Å²) in [5.74, 6) is 0. The Bertz CT molecular complexity index is 153. The van der Waals surface area contributed by atoms with Crippen LogP contribution in [0.25, 0.3) is 0 Å². The number of nitrogens with two attached hydrogens (primary N) is 1. The van der Waals surface area contributed by atoms with E-state index in [1.165, 1.54) is 25.8 Å². The van der Waals surface area contributed by atoms with Gasteiger partial charge in [0.15, 0.2) is 0 Å². The zero-order valence-corrected chi connectivity index (χ0v) is 10.1. The molecule has 0 aromatic rings. The SMILES string of the molecule is CCCOCCN1CCCC1CCCN. The Morgan fingerprint density at radius 1 is 1.40 bits per heavy atom. The van der Waals surface area contributed by atoms with Crippen molar-refractivity contribution in [2.24, 2.45) is 5.73 Å². The van der Waals surface area contributed by atoms with Crippen molar-refractivity contribution in [3.63, 3.8) is 0 Å². The molecule has 3 heteroatoms. The second-order valence-electron chi connectivity index (χ2n) is 4.38. The van der Waals surface area contributed by atoms with Gasteiger partial charge >= 0.3 is 0 Å². The topological polar surface area (TPSA) is 38.5 Å². The first-order valence-corrected chi connectivity index (χ1v) is 6.40. The molecule has 15 heavy (non-hydrogen) atoms. The Labute approximate surface area is 94.0 Å². The van der Waals surface area contributed by atoms with Crippen LogP contribution in [0.5, 0.6) is 0 Å². The zero-order chi connectivity index (χ0) is 10.9. The maximum atomic E-state index is 5.55. The van der Waals surface area contributed by atoms with E-state index in [9.17, 15) is 0 Å². The lowest BCUT2D eigenvalue weighted by Crippen LogP contribution is -2.33. The van der Waals surface area contributed by atoms with Crippen LogP contribution in [0.1, 0.15) is 39.0 Å². The van der Waals surface area contributed by atoms with E-state index in [1.54, 1.807) is 0 Å². The van der Waals surface area contributed by atoms with Gasteiger partial charge < -0.3 is 10.5 Å². The molecule has 0 radical (unpaired) electrons. The van der Waals surface area contributed by atoms with Crippen LogP contribution in [0.15, 0.2) is 0 Å². The second kappa shape index (κ2) is 8.08. The van der Waals surface area contributed by atoms with Crippen LogP contribution in [0.3, 0.4) is 0 Å². The molecule has 0 spiro atoms. The average molecular weight is 214 g/mol. The van der Waals surface area contributed by atoms with E-state index in [4.69, 9.17) is 10.5 Å². The fourth-order valence-corrected chi connectivity index (χ4v) is 2.30. The van der Waals surface area contributed by atoms with Crippen molar-refractivity contribution in [2.45, 2.75) is 45.1 Å². The summed E-state index contributed by atoms with van der Waals surface area (Å²) in [6.07, 6.45) is 6.26. The molecule has 0 amide bonds. The third-order valence-electron chi connectivity index (χ3n) is 3.11. The maximum Gasteiger partial charge on any atom is 0.0593 e. The van der Waals surface area contributed by atoms with E-state index < -0.39 is 0 Å². The molecule has 1 aliphatic heterocycles. The van der Waals surface area contributed by atoms with Crippen LogP contribution in [-0.4, -0.2) is 43.8 Å². The largest absolute Gasteiger partial charge is 0.380 e. The summed E-state index contributed by atoms with van der Waals surface area (Å²) in [5, 5.41) is 0. The van der Waals surface area contributed by atoms with Crippen LogP contribution >= 0.6 is 0 Å². The molecule has 1 fully saturated rings. The van der Waals surface area contributed by atoms with Gasteiger partial charge in [0.25, 0.3) is 0 Å². The van der Waals surface area contributed by atoms with E-state index in [-0.39, 0.29) is 0 Å². The van der Waals surface area contributed by atoms with Crippen LogP contribution in [0.4, 0.5) is 0 Å². The molecule has 1 saturated heterocycles. The van der Waals surface area contributed by atoms with E-state index in [2.05, 4.69) is 11.8 Å². The summed E-state index contributed by atoms with van der Waals surface area (Å²) < 4.78 is 5.53. The zero-order valence-electron chi connectivity index (χ0n) is 10.1. The van der Waals surface area contributed by atoms with Gasteiger partial charge in [0, 0.05) is 19.2 Å². The Kier molecular flexibility index (Phi) is 6.98. The molecule has 0 aliphatic carbocycles. The molecule has 1 atom stereocenters. The molecule has 1 rings (SSSR count). The summed E-state index contributed by atoms with van der Waals surface area (Å²) in [5.41, 5.74) is 5.55. The summed E-state index contributed by atoms with van der Waals surface area (Å²) in [6.45, 7) is 7.14. The van der Waals surface area contributed by atoms with Crippen molar-refractivity contribution in [3.8, 4) is 0 Å². The van der Waals surface area contributed by atoms with Crippen molar-refractivity contribution in [2.75, 3.05) is 32.8 Å². The highest BCUT2D eigenvalue weighted by Gasteiger charge is 2.22.